The number of rotatable bonds is 8. The average Bonchev–Trinajstić information content (AvgIpc) is 2.89. The van der Waals surface area contributed by atoms with E-state index in [9.17, 15) is 14.0 Å². The van der Waals surface area contributed by atoms with Crippen LogP contribution in [0.15, 0.2) is 77.7 Å². The van der Waals surface area contributed by atoms with Crippen molar-refractivity contribution in [3.05, 3.63) is 95.3 Å². The summed E-state index contributed by atoms with van der Waals surface area (Å²) in [5.41, 5.74) is 3.19. The van der Waals surface area contributed by atoms with E-state index in [1.807, 2.05) is 26.2 Å². The highest BCUT2D eigenvalue weighted by Gasteiger charge is 1.97. The number of unbranched alkanes of at least 4 members (excludes halogenated alkanes) is 3. The topological polar surface area (TPSA) is 58.2 Å². The van der Waals surface area contributed by atoms with E-state index in [4.69, 9.17) is 0 Å². The standard InChI is InChI=1S/C15H9FO.C8H12N2S.C6H12O/c16-15-3-1-2-13(10-15)7-4-12-5-8-14(11-17)9-6-12;1-9-7-5-3-4-6-8(7)11-10-2;1-2-3-4-5-6-7/h1-3,5-6,8-11H;3-6,9-10H,1-2H3;6H,2-5H2,1H3. The zero-order chi connectivity index (χ0) is 25.7. The van der Waals surface area contributed by atoms with E-state index in [1.54, 1.807) is 48.3 Å². The normalized spacial score (nSPS) is 9.26. The minimum absolute atomic E-state index is 0.298. The average molecular weight is 493 g/mol. The van der Waals surface area contributed by atoms with E-state index < -0.39 is 0 Å². The van der Waals surface area contributed by atoms with Gasteiger partial charge in [-0.3, -0.25) is 9.52 Å². The van der Waals surface area contributed by atoms with E-state index in [-0.39, 0.29) is 5.82 Å². The second-order valence-corrected chi connectivity index (χ2v) is 8.27. The molecule has 0 unspecified atom stereocenters. The zero-order valence-corrected chi connectivity index (χ0v) is 21.3. The van der Waals surface area contributed by atoms with Gasteiger partial charge < -0.3 is 10.1 Å². The van der Waals surface area contributed by atoms with Crippen LogP contribution in [0.3, 0.4) is 0 Å². The molecule has 0 aromatic heterocycles. The van der Waals surface area contributed by atoms with Crippen molar-refractivity contribution in [1.82, 2.24) is 4.72 Å². The van der Waals surface area contributed by atoms with Crippen LogP contribution < -0.4 is 10.0 Å². The second-order valence-electron chi connectivity index (χ2n) is 7.22. The molecule has 35 heavy (non-hydrogen) atoms. The Labute approximate surface area is 212 Å². The number of halogens is 1. The SMILES string of the molecule is CCCCCC=O.CNSc1ccccc1NC.O=Cc1ccc(C#Cc2cccc(F)c2)cc1. The lowest BCUT2D eigenvalue weighted by Gasteiger charge is -2.05. The fourth-order valence-electron chi connectivity index (χ4n) is 2.71. The van der Waals surface area contributed by atoms with Crippen molar-refractivity contribution in [3.63, 3.8) is 0 Å². The summed E-state index contributed by atoms with van der Waals surface area (Å²) in [6.45, 7) is 2.13. The molecule has 4 nitrogen and oxygen atoms in total. The molecule has 0 amide bonds. The van der Waals surface area contributed by atoms with Gasteiger partial charge in [-0.25, -0.2) is 4.39 Å². The molecule has 3 aromatic rings. The fourth-order valence-corrected chi connectivity index (χ4v) is 3.35. The van der Waals surface area contributed by atoms with E-state index in [0.29, 0.717) is 11.1 Å². The van der Waals surface area contributed by atoms with Crippen molar-refractivity contribution in [1.29, 1.82) is 0 Å². The molecule has 0 fully saturated rings. The first-order valence-electron chi connectivity index (χ1n) is 11.4. The molecule has 0 aliphatic carbocycles. The fraction of sp³-hybridized carbons (Fsp3) is 0.241. The lowest BCUT2D eigenvalue weighted by Crippen LogP contribution is -1.95. The van der Waals surface area contributed by atoms with Gasteiger partial charge in [-0.15, -0.1) is 0 Å². The first-order chi connectivity index (χ1) is 17.1. The molecule has 0 atom stereocenters. The molecule has 6 heteroatoms. The van der Waals surface area contributed by atoms with Crippen molar-refractivity contribution in [3.8, 4) is 11.8 Å². The number of carbonyl (C=O) groups is 2. The molecule has 0 aliphatic heterocycles. The van der Waals surface area contributed by atoms with Crippen molar-refractivity contribution < 1.29 is 14.0 Å². The van der Waals surface area contributed by atoms with Gasteiger partial charge in [0.05, 0.1) is 0 Å². The molecule has 0 radical (unpaired) electrons. The van der Waals surface area contributed by atoms with Gasteiger partial charge in [0.1, 0.15) is 18.4 Å². The summed E-state index contributed by atoms with van der Waals surface area (Å²) in [4.78, 5) is 21.4. The number of benzene rings is 3. The van der Waals surface area contributed by atoms with Crippen LogP contribution >= 0.6 is 11.9 Å². The highest BCUT2D eigenvalue weighted by Crippen LogP contribution is 2.23. The number of para-hydroxylation sites is 1. The summed E-state index contributed by atoms with van der Waals surface area (Å²) in [6, 6.07) is 21.2. The van der Waals surface area contributed by atoms with E-state index in [0.717, 1.165) is 36.7 Å². The van der Waals surface area contributed by atoms with Crippen LogP contribution in [-0.4, -0.2) is 26.7 Å². The Balaban J connectivity index is 0.000000293. The molecule has 0 saturated heterocycles. The van der Waals surface area contributed by atoms with Crippen molar-refractivity contribution in [2.24, 2.45) is 0 Å². The maximum Gasteiger partial charge on any atom is 0.150 e. The molecular weight excluding hydrogens is 459 g/mol. The molecule has 2 N–H and O–H groups in total. The number of carbonyl (C=O) groups excluding carboxylic acids is 2. The first kappa shape index (κ1) is 29.6. The largest absolute Gasteiger partial charge is 0.387 e. The van der Waals surface area contributed by atoms with E-state index in [1.165, 1.54) is 29.9 Å². The lowest BCUT2D eigenvalue weighted by molar-refractivity contribution is -0.107. The van der Waals surface area contributed by atoms with Gasteiger partial charge in [-0.2, -0.15) is 0 Å². The van der Waals surface area contributed by atoms with Crippen LogP contribution in [0, 0.1) is 17.7 Å². The summed E-state index contributed by atoms with van der Waals surface area (Å²) in [5.74, 6) is 5.47. The Morgan fingerprint density at radius 2 is 1.60 bits per heavy atom. The maximum absolute atomic E-state index is 12.9. The van der Waals surface area contributed by atoms with Gasteiger partial charge in [0.25, 0.3) is 0 Å². The Hall–Kier alpha value is -3.40. The maximum atomic E-state index is 12.9. The molecule has 0 saturated carbocycles. The van der Waals surface area contributed by atoms with Crippen LogP contribution in [0.5, 0.6) is 0 Å². The number of hydrogen-bond donors (Lipinski definition) is 2. The summed E-state index contributed by atoms with van der Waals surface area (Å²) in [6.07, 6.45) is 5.97. The lowest BCUT2D eigenvalue weighted by atomic mass is 10.1. The quantitative estimate of drug-likeness (QED) is 0.157. The van der Waals surface area contributed by atoms with Crippen molar-refractivity contribution >= 4 is 30.2 Å². The molecule has 0 aliphatic rings. The predicted octanol–water partition coefficient (Wildman–Crippen LogP) is 6.76. The van der Waals surface area contributed by atoms with Crippen LogP contribution in [-0.2, 0) is 4.79 Å². The van der Waals surface area contributed by atoms with Gasteiger partial charge in [0.15, 0.2) is 0 Å². The second kappa shape index (κ2) is 19.0. The van der Waals surface area contributed by atoms with Gasteiger partial charge in [0.2, 0.25) is 0 Å². The number of nitrogens with one attached hydrogen (secondary N) is 2. The van der Waals surface area contributed by atoms with Gasteiger partial charge >= 0.3 is 0 Å². The van der Waals surface area contributed by atoms with Crippen LogP contribution in [0.25, 0.3) is 0 Å². The molecule has 0 heterocycles. The van der Waals surface area contributed by atoms with Crippen molar-refractivity contribution in [2.75, 3.05) is 19.4 Å². The van der Waals surface area contributed by atoms with Crippen LogP contribution in [0.1, 0.15) is 54.1 Å². The Kier molecular flexibility index (Phi) is 16.1. The minimum Gasteiger partial charge on any atom is -0.387 e. The molecule has 0 spiro atoms. The number of hydrogen-bond acceptors (Lipinski definition) is 5. The van der Waals surface area contributed by atoms with Gasteiger partial charge in [0, 0.05) is 40.7 Å². The summed E-state index contributed by atoms with van der Waals surface area (Å²) in [7, 11) is 3.84. The van der Waals surface area contributed by atoms with Crippen LogP contribution in [0.4, 0.5) is 10.1 Å². The smallest absolute Gasteiger partial charge is 0.150 e. The highest BCUT2D eigenvalue weighted by atomic mass is 32.2. The third-order valence-corrected chi connectivity index (χ3v) is 5.30. The monoisotopic (exact) mass is 492 g/mol. The Morgan fingerprint density at radius 3 is 2.20 bits per heavy atom. The molecule has 3 rings (SSSR count). The number of anilines is 1. The van der Waals surface area contributed by atoms with Gasteiger partial charge in [-0.1, -0.05) is 61.9 Å². The van der Waals surface area contributed by atoms with E-state index in [2.05, 4.69) is 40.9 Å². The molecule has 3 aromatic carbocycles. The third kappa shape index (κ3) is 13.2. The Morgan fingerprint density at radius 1 is 0.886 bits per heavy atom. The highest BCUT2D eigenvalue weighted by molar-refractivity contribution is 7.97. The minimum atomic E-state index is -0.298. The molecule has 0 bridgehead atoms. The summed E-state index contributed by atoms with van der Waals surface area (Å²) < 4.78 is 15.9. The van der Waals surface area contributed by atoms with Crippen molar-refractivity contribution in [2.45, 2.75) is 37.5 Å². The molecular formula is C29H33FN2O2S. The van der Waals surface area contributed by atoms with E-state index >= 15 is 0 Å². The first-order valence-corrected chi connectivity index (χ1v) is 12.3. The predicted molar refractivity (Wildman–Crippen MR) is 145 cm³/mol. The third-order valence-electron chi connectivity index (χ3n) is 4.52. The summed E-state index contributed by atoms with van der Waals surface area (Å²) in [5, 5.41) is 3.12. The Bertz CT molecular complexity index is 1080. The number of aldehydes is 2. The summed E-state index contributed by atoms with van der Waals surface area (Å²) >= 11 is 1.61. The zero-order valence-electron chi connectivity index (χ0n) is 20.5. The van der Waals surface area contributed by atoms with Crippen LogP contribution in [0.2, 0.25) is 0 Å². The molecule has 184 valence electrons. The van der Waals surface area contributed by atoms with Gasteiger partial charge in [-0.05, 0) is 67.9 Å².